The summed E-state index contributed by atoms with van der Waals surface area (Å²) in [5.74, 6) is -0.114. The van der Waals surface area contributed by atoms with Crippen LogP contribution in [0, 0.1) is 0 Å². The third-order valence-electron chi connectivity index (χ3n) is 3.88. The van der Waals surface area contributed by atoms with E-state index in [1.54, 1.807) is 11.8 Å². The van der Waals surface area contributed by atoms with E-state index in [2.05, 4.69) is 6.92 Å². The summed E-state index contributed by atoms with van der Waals surface area (Å²) in [6.07, 6.45) is 9.29. The molecule has 1 unspecified atom stereocenters. The van der Waals surface area contributed by atoms with Crippen molar-refractivity contribution in [3.05, 3.63) is 0 Å². The van der Waals surface area contributed by atoms with Crippen LogP contribution in [-0.4, -0.2) is 36.0 Å². The Morgan fingerprint density at radius 2 is 1.80 bits per heavy atom. The van der Waals surface area contributed by atoms with E-state index in [1.807, 2.05) is 0 Å². The first-order valence-corrected chi connectivity index (χ1v) is 8.16. The normalized spacial score (nSPS) is 18.3. The Morgan fingerprint density at radius 3 is 2.50 bits per heavy atom. The molecule has 0 aromatic carbocycles. The van der Waals surface area contributed by atoms with Gasteiger partial charge in [0.25, 0.3) is 0 Å². The van der Waals surface area contributed by atoms with Crippen molar-refractivity contribution in [2.24, 2.45) is 0 Å². The maximum Gasteiger partial charge on any atom is 0.328 e. The van der Waals surface area contributed by atoms with Crippen LogP contribution in [0.3, 0.4) is 0 Å². The molecule has 0 aromatic heterocycles. The maximum atomic E-state index is 12.2. The lowest BCUT2D eigenvalue weighted by atomic mass is 10.1. The third kappa shape index (κ3) is 5.51. The highest BCUT2D eigenvalue weighted by Gasteiger charge is 2.34. The van der Waals surface area contributed by atoms with E-state index in [-0.39, 0.29) is 17.9 Å². The van der Waals surface area contributed by atoms with Gasteiger partial charge in [0.1, 0.15) is 6.04 Å². The van der Waals surface area contributed by atoms with E-state index in [9.17, 15) is 9.59 Å². The Balaban J connectivity index is 2.25. The second-order valence-corrected chi connectivity index (χ2v) is 5.51. The fourth-order valence-electron chi connectivity index (χ4n) is 2.75. The van der Waals surface area contributed by atoms with E-state index in [4.69, 9.17) is 4.74 Å². The van der Waals surface area contributed by atoms with Gasteiger partial charge in [0.2, 0.25) is 5.91 Å². The van der Waals surface area contributed by atoms with E-state index in [1.165, 1.54) is 25.7 Å². The van der Waals surface area contributed by atoms with Gasteiger partial charge in [-0.1, -0.05) is 39.0 Å². The molecule has 0 saturated carbocycles. The number of hydrogen-bond acceptors (Lipinski definition) is 3. The van der Waals surface area contributed by atoms with E-state index in [0.29, 0.717) is 19.6 Å². The number of unbranched alkanes of at least 4 members (excludes halogenated alkanes) is 5. The van der Waals surface area contributed by atoms with Crippen molar-refractivity contribution in [1.82, 2.24) is 4.90 Å². The zero-order valence-corrected chi connectivity index (χ0v) is 13.0. The summed E-state index contributed by atoms with van der Waals surface area (Å²) in [6.45, 7) is 5.09. The summed E-state index contributed by atoms with van der Waals surface area (Å²) in [4.78, 5) is 25.7. The molecule has 1 aliphatic heterocycles. The van der Waals surface area contributed by atoms with Crippen LogP contribution in [0.5, 0.6) is 0 Å². The lowest BCUT2D eigenvalue weighted by Crippen LogP contribution is -2.41. The van der Waals surface area contributed by atoms with Crippen LogP contribution in [0.25, 0.3) is 0 Å². The first kappa shape index (κ1) is 17.0. The highest BCUT2D eigenvalue weighted by molar-refractivity contribution is 5.85. The topological polar surface area (TPSA) is 46.6 Å². The van der Waals surface area contributed by atoms with Crippen LogP contribution in [0.15, 0.2) is 0 Å². The molecule has 1 fully saturated rings. The zero-order valence-electron chi connectivity index (χ0n) is 13.0. The Bertz CT molecular complexity index is 304. The van der Waals surface area contributed by atoms with Gasteiger partial charge in [-0.15, -0.1) is 0 Å². The molecule has 0 radical (unpaired) electrons. The Hall–Kier alpha value is -1.06. The molecule has 4 nitrogen and oxygen atoms in total. The van der Waals surface area contributed by atoms with Gasteiger partial charge < -0.3 is 9.64 Å². The van der Waals surface area contributed by atoms with Crippen LogP contribution < -0.4 is 0 Å². The molecule has 1 rings (SSSR count). The standard InChI is InChI=1S/C16H29NO3/c1-3-5-6-7-8-9-12-15(18)17-13-10-11-14(17)16(19)20-4-2/h14H,3-13H2,1-2H3. The van der Waals surface area contributed by atoms with Crippen molar-refractivity contribution in [2.45, 2.75) is 77.7 Å². The van der Waals surface area contributed by atoms with Crippen molar-refractivity contribution in [2.75, 3.05) is 13.2 Å². The van der Waals surface area contributed by atoms with Crippen molar-refractivity contribution in [3.8, 4) is 0 Å². The van der Waals surface area contributed by atoms with Gasteiger partial charge in [-0.25, -0.2) is 4.79 Å². The van der Waals surface area contributed by atoms with Crippen molar-refractivity contribution >= 4 is 11.9 Å². The lowest BCUT2D eigenvalue weighted by molar-refractivity contribution is -0.153. The molecule has 4 heteroatoms. The van der Waals surface area contributed by atoms with Crippen molar-refractivity contribution in [3.63, 3.8) is 0 Å². The molecule has 0 aromatic rings. The van der Waals surface area contributed by atoms with Crippen molar-refractivity contribution < 1.29 is 14.3 Å². The van der Waals surface area contributed by atoms with Gasteiger partial charge >= 0.3 is 5.97 Å². The predicted molar refractivity (Wildman–Crippen MR) is 79.4 cm³/mol. The minimum Gasteiger partial charge on any atom is -0.464 e. The third-order valence-corrected chi connectivity index (χ3v) is 3.88. The van der Waals surface area contributed by atoms with Crippen LogP contribution >= 0.6 is 0 Å². The molecule has 0 bridgehead atoms. The van der Waals surface area contributed by atoms with Gasteiger partial charge in [0.05, 0.1) is 6.61 Å². The van der Waals surface area contributed by atoms with Gasteiger partial charge in [-0.05, 0) is 26.2 Å². The summed E-state index contributed by atoms with van der Waals surface area (Å²) in [6, 6.07) is -0.331. The maximum absolute atomic E-state index is 12.2. The first-order chi connectivity index (χ1) is 9.70. The minimum absolute atomic E-state index is 0.121. The quantitative estimate of drug-likeness (QED) is 0.482. The predicted octanol–water partition coefficient (Wildman–Crippen LogP) is 3.29. The number of rotatable bonds is 9. The van der Waals surface area contributed by atoms with Crippen LogP contribution in [-0.2, 0) is 14.3 Å². The van der Waals surface area contributed by atoms with Gasteiger partial charge in [-0.3, -0.25) is 4.79 Å². The molecule has 1 heterocycles. The molecule has 0 aliphatic carbocycles. The molecule has 20 heavy (non-hydrogen) atoms. The fourth-order valence-corrected chi connectivity index (χ4v) is 2.75. The Kier molecular flexibility index (Phi) is 8.31. The number of hydrogen-bond donors (Lipinski definition) is 0. The summed E-state index contributed by atoms with van der Waals surface area (Å²) in [7, 11) is 0. The SMILES string of the molecule is CCCCCCCCC(=O)N1CCCC1C(=O)OCC. The highest BCUT2D eigenvalue weighted by Crippen LogP contribution is 2.20. The average molecular weight is 283 g/mol. The lowest BCUT2D eigenvalue weighted by Gasteiger charge is -2.23. The number of likely N-dealkylation sites (tertiary alicyclic amines) is 1. The van der Waals surface area contributed by atoms with Gasteiger partial charge in [0.15, 0.2) is 0 Å². The number of carbonyl (C=O) groups is 2. The van der Waals surface area contributed by atoms with Crippen LogP contribution in [0.2, 0.25) is 0 Å². The largest absolute Gasteiger partial charge is 0.464 e. The van der Waals surface area contributed by atoms with Crippen LogP contribution in [0.1, 0.15) is 71.6 Å². The van der Waals surface area contributed by atoms with E-state index < -0.39 is 0 Å². The van der Waals surface area contributed by atoms with Gasteiger partial charge in [0, 0.05) is 13.0 Å². The number of carbonyl (C=O) groups excluding carboxylic acids is 2. The summed E-state index contributed by atoms with van der Waals surface area (Å²) in [5, 5.41) is 0. The molecule has 0 spiro atoms. The number of nitrogens with zero attached hydrogens (tertiary/aromatic N) is 1. The molecular formula is C16H29NO3. The van der Waals surface area contributed by atoms with E-state index >= 15 is 0 Å². The summed E-state index contributed by atoms with van der Waals surface area (Å²) >= 11 is 0. The monoisotopic (exact) mass is 283 g/mol. The smallest absolute Gasteiger partial charge is 0.328 e. The second kappa shape index (κ2) is 9.78. The molecule has 0 N–H and O–H groups in total. The Labute approximate surface area is 122 Å². The number of ether oxygens (including phenoxy) is 1. The van der Waals surface area contributed by atoms with E-state index in [0.717, 1.165) is 25.7 Å². The molecule has 1 atom stereocenters. The highest BCUT2D eigenvalue weighted by atomic mass is 16.5. The number of esters is 1. The summed E-state index contributed by atoms with van der Waals surface area (Å²) in [5.41, 5.74) is 0. The second-order valence-electron chi connectivity index (χ2n) is 5.51. The fraction of sp³-hybridized carbons (Fsp3) is 0.875. The zero-order chi connectivity index (χ0) is 14.8. The van der Waals surface area contributed by atoms with Crippen LogP contribution in [0.4, 0.5) is 0 Å². The average Bonchev–Trinajstić information content (AvgIpc) is 2.92. The molecular weight excluding hydrogens is 254 g/mol. The molecule has 1 saturated heterocycles. The first-order valence-electron chi connectivity index (χ1n) is 8.16. The number of amides is 1. The summed E-state index contributed by atoms with van der Waals surface area (Å²) < 4.78 is 5.04. The molecule has 1 aliphatic rings. The van der Waals surface area contributed by atoms with Crippen molar-refractivity contribution in [1.29, 1.82) is 0 Å². The molecule has 116 valence electrons. The van der Waals surface area contributed by atoms with Gasteiger partial charge in [-0.2, -0.15) is 0 Å². The Morgan fingerprint density at radius 1 is 1.10 bits per heavy atom. The molecule has 1 amide bonds. The minimum atomic E-state index is -0.331.